The maximum atomic E-state index is 13.1. The molecule has 0 amide bonds. The molecule has 0 unspecified atom stereocenters. The number of hydrogen-bond acceptors (Lipinski definition) is 4. The van der Waals surface area contributed by atoms with Crippen molar-refractivity contribution in [2.75, 3.05) is 7.11 Å². The zero-order chi connectivity index (χ0) is 10.7. The Kier molecular flexibility index (Phi) is 3.01. The molecule has 1 N–H and O–H groups in total. The number of aryl methyl sites for hydroxylation is 1. The first-order valence-electron chi connectivity index (χ1n) is 3.96. The first-order valence-corrected chi connectivity index (χ1v) is 3.96. The largest absolute Gasteiger partial charge is 0.506 e. The summed E-state index contributed by atoms with van der Waals surface area (Å²) in [5, 5.41) is 9.10. The zero-order valence-corrected chi connectivity index (χ0v) is 7.87. The Balaban J connectivity index is 2.98. The van der Waals surface area contributed by atoms with Gasteiger partial charge in [0, 0.05) is 6.07 Å². The number of carbonyl (C=O) groups is 1. The van der Waals surface area contributed by atoms with Gasteiger partial charge in [-0.1, -0.05) is 0 Å². The van der Waals surface area contributed by atoms with Crippen molar-refractivity contribution in [2.24, 2.45) is 0 Å². The van der Waals surface area contributed by atoms with Crippen molar-refractivity contribution in [3.8, 4) is 5.75 Å². The lowest BCUT2D eigenvalue weighted by molar-refractivity contribution is -0.139. The minimum Gasteiger partial charge on any atom is -0.506 e. The van der Waals surface area contributed by atoms with E-state index in [2.05, 4.69) is 9.72 Å². The topological polar surface area (TPSA) is 59.4 Å². The second kappa shape index (κ2) is 4.04. The molecule has 0 saturated heterocycles. The van der Waals surface area contributed by atoms with Gasteiger partial charge in [-0.3, -0.25) is 9.78 Å². The predicted molar refractivity (Wildman–Crippen MR) is 46.3 cm³/mol. The number of esters is 1. The highest BCUT2D eigenvalue weighted by Gasteiger charge is 2.12. The van der Waals surface area contributed by atoms with Crippen LogP contribution in [0.1, 0.15) is 11.4 Å². The molecule has 1 aromatic rings. The van der Waals surface area contributed by atoms with Crippen molar-refractivity contribution in [3.63, 3.8) is 0 Å². The molecule has 0 aliphatic rings. The monoisotopic (exact) mass is 199 g/mol. The molecule has 14 heavy (non-hydrogen) atoms. The number of hydrogen-bond donors (Lipinski definition) is 1. The van der Waals surface area contributed by atoms with Gasteiger partial charge >= 0.3 is 5.97 Å². The van der Waals surface area contributed by atoms with Crippen LogP contribution in [0.2, 0.25) is 0 Å². The van der Waals surface area contributed by atoms with Crippen LogP contribution in [-0.4, -0.2) is 23.2 Å². The van der Waals surface area contributed by atoms with Gasteiger partial charge in [-0.15, -0.1) is 0 Å². The lowest BCUT2D eigenvalue weighted by Gasteiger charge is -2.04. The summed E-state index contributed by atoms with van der Waals surface area (Å²) in [6, 6.07) is 0.931. The zero-order valence-electron chi connectivity index (χ0n) is 7.87. The number of aromatic nitrogens is 1. The average Bonchev–Trinajstić information content (AvgIpc) is 2.14. The van der Waals surface area contributed by atoms with Crippen molar-refractivity contribution < 1.29 is 19.0 Å². The number of nitrogens with zero attached hydrogens (tertiary/aromatic N) is 1. The smallest absolute Gasteiger partial charge is 0.311 e. The van der Waals surface area contributed by atoms with Gasteiger partial charge in [0.1, 0.15) is 11.6 Å². The van der Waals surface area contributed by atoms with E-state index in [1.165, 1.54) is 14.0 Å². The molecular weight excluding hydrogens is 189 g/mol. The van der Waals surface area contributed by atoms with E-state index in [0.29, 0.717) is 0 Å². The van der Waals surface area contributed by atoms with Crippen molar-refractivity contribution in [1.82, 2.24) is 4.98 Å². The second-order valence-corrected chi connectivity index (χ2v) is 2.77. The van der Waals surface area contributed by atoms with Crippen molar-refractivity contribution in [1.29, 1.82) is 0 Å². The standard InChI is InChI=1S/C9H10FNO3/c1-5-8(12)3-6(10)7(11-5)4-9(13)14-2/h3,12H,4H2,1-2H3. The van der Waals surface area contributed by atoms with Gasteiger partial charge in [-0.25, -0.2) is 4.39 Å². The highest BCUT2D eigenvalue weighted by atomic mass is 19.1. The molecule has 5 heteroatoms. The summed E-state index contributed by atoms with van der Waals surface area (Å²) in [5.41, 5.74) is 0.262. The Hall–Kier alpha value is -1.65. The van der Waals surface area contributed by atoms with Crippen LogP contribution in [0.3, 0.4) is 0 Å². The Labute approximate surface area is 80.3 Å². The molecule has 0 aliphatic carbocycles. The van der Waals surface area contributed by atoms with Gasteiger partial charge < -0.3 is 9.84 Å². The Morgan fingerprint density at radius 1 is 1.71 bits per heavy atom. The third kappa shape index (κ3) is 2.18. The first-order chi connectivity index (χ1) is 6.54. The van der Waals surface area contributed by atoms with Crippen molar-refractivity contribution in [2.45, 2.75) is 13.3 Å². The third-order valence-electron chi connectivity index (χ3n) is 1.75. The molecule has 1 heterocycles. The van der Waals surface area contributed by atoms with Gasteiger partial charge in [0.25, 0.3) is 0 Å². The number of carbonyl (C=O) groups excluding carboxylic acids is 1. The molecule has 1 aromatic heterocycles. The minimum absolute atomic E-state index is 0.0212. The lowest BCUT2D eigenvalue weighted by Crippen LogP contribution is -2.08. The molecule has 0 aliphatic heterocycles. The van der Waals surface area contributed by atoms with E-state index in [1.54, 1.807) is 0 Å². The number of rotatable bonds is 2. The van der Waals surface area contributed by atoms with Gasteiger partial charge in [-0.2, -0.15) is 0 Å². The summed E-state index contributed by atoms with van der Waals surface area (Å²) in [6.45, 7) is 1.52. The maximum absolute atomic E-state index is 13.1. The van der Waals surface area contributed by atoms with Crippen LogP contribution < -0.4 is 0 Å². The average molecular weight is 199 g/mol. The molecule has 1 rings (SSSR count). The van der Waals surface area contributed by atoms with E-state index in [1.807, 2.05) is 0 Å². The van der Waals surface area contributed by atoms with Crippen molar-refractivity contribution in [3.05, 3.63) is 23.3 Å². The van der Waals surface area contributed by atoms with E-state index in [9.17, 15) is 9.18 Å². The van der Waals surface area contributed by atoms with Crippen LogP contribution >= 0.6 is 0 Å². The van der Waals surface area contributed by atoms with Crippen molar-refractivity contribution >= 4 is 5.97 Å². The van der Waals surface area contributed by atoms with Crippen LogP contribution in [-0.2, 0) is 16.0 Å². The fourth-order valence-corrected chi connectivity index (χ4v) is 0.954. The van der Waals surface area contributed by atoms with Gasteiger partial charge in [0.05, 0.1) is 24.9 Å². The number of halogens is 1. The quantitative estimate of drug-likeness (QED) is 0.720. The van der Waals surface area contributed by atoms with E-state index in [4.69, 9.17) is 5.11 Å². The summed E-state index contributed by atoms with van der Waals surface area (Å²) >= 11 is 0. The van der Waals surface area contributed by atoms with E-state index in [-0.39, 0.29) is 23.6 Å². The highest BCUT2D eigenvalue weighted by Crippen LogP contribution is 2.17. The summed E-state index contributed by atoms with van der Waals surface area (Å²) < 4.78 is 17.5. The number of methoxy groups -OCH3 is 1. The van der Waals surface area contributed by atoms with Crippen LogP contribution in [0.4, 0.5) is 4.39 Å². The van der Waals surface area contributed by atoms with Crippen LogP contribution in [0.5, 0.6) is 5.75 Å². The molecule has 0 radical (unpaired) electrons. The van der Waals surface area contributed by atoms with Crippen LogP contribution in [0.15, 0.2) is 6.07 Å². The second-order valence-electron chi connectivity index (χ2n) is 2.77. The molecule has 0 bridgehead atoms. The fraction of sp³-hybridized carbons (Fsp3) is 0.333. The van der Waals surface area contributed by atoms with E-state index in [0.717, 1.165) is 6.07 Å². The van der Waals surface area contributed by atoms with Gasteiger partial charge in [-0.05, 0) is 6.92 Å². The Bertz CT molecular complexity index is 365. The normalized spacial score (nSPS) is 9.93. The first kappa shape index (κ1) is 10.4. The summed E-state index contributed by atoms with van der Waals surface area (Å²) in [5.74, 6) is -1.50. The molecular formula is C9H10FNO3. The highest BCUT2D eigenvalue weighted by molar-refractivity contribution is 5.71. The van der Waals surface area contributed by atoms with E-state index >= 15 is 0 Å². The number of aromatic hydroxyl groups is 1. The SMILES string of the molecule is COC(=O)Cc1nc(C)c(O)cc1F. The van der Waals surface area contributed by atoms with Crippen LogP contribution in [0, 0.1) is 12.7 Å². The fourth-order valence-electron chi connectivity index (χ4n) is 0.954. The molecule has 0 saturated carbocycles. The molecule has 0 fully saturated rings. The van der Waals surface area contributed by atoms with Gasteiger partial charge in [0.2, 0.25) is 0 Å². The summed E-state index contributed by atoms with van der Waals surface area (Å²) in [7, 11) is 1.22. The Morgan fingerprint density at radius 2 is 2.36 bits per heavy atom. The third-order valence-corrected chi connectivity index (χ3v) is 1.75. The molecule has 0 atom stereocenters. The molecule has 0 aromatic carbocycles. The number of ether oxygens (including phenoxy) is 1. The maximum Gasteiger partial charge on any atom is 0.311 e. The molecule has 76 valence electrons. The number of pyridine rings is 1. The molecule has 0 spiro atoms. The summed E-state index contributed by atoms with van der Waals surface area (Å²) in [6.07, 6.45) is -0.233. The Morgan fingerprint density at radius 3 is 2.93 bits per heavy atom. The van der Waals surface area contributed by atoms with Crippen LogP contribution in [0.25, 0.3) is 0 Å². The summed E-state index contributed by atoms with van der Waals surface area (Å²) in [4.78, 5) is 14.6. The predicted octanol–water partition coefficient (Wildman–Crippen LogP) is 0.950. The molecule has 4 nitrogen and oxygen atoms in total. The van der Waals surface area contributed by atoms with E-state index < -0.39 is 11.8 Å². The minimum atomic E-state index is -0.710. The van der Waals surface area contributed by atoms with Gasteiger partial charge in [0.15, 0.2) is 0 Å². The lowest BCUT2D eigenvalue weighted by atomic mass is 10.2.